The van der Waals surface area contributed by atoms with E-state index in [1.54, 1.807) is 18.7 Å². The molecule has 3 N–H and O–H groups in total. The average Bonchev–Trinajstić information content (AvgIpc) is 3.43. The third-order valence-electron chi connectivity index (χ3n) is 8.78. The van der Waals surface area contributed by atoms with Gasteiger partial charge >= 0.3 is 13.5 Å². The Morgan fingerprint density at radius 2 is 1.48 bits per heavy atom. The molecule has 48 heavy (non-hydrogen) atoms. The number of aromatic nitrogens is 2. The molecule has 280 valence electrons. The number of phosphoric acid groups is 1. The Labute approximate surface area is 292 Å². The Hall–Kier alpha value is -0.980. The summed E-state index contributed by atoms with van der Waals surface area (Å²) >= 11 is 1.78. The van der Waals surface area contributed by atoms with Crippen LogP contribution in [0.1, 0.15) is 148 Å². The summed E-state index contributed by atoms with van der Waals surface area (Å²) in [6.45, 7) is 6.12. The first kappa shape index (κ1) is 43.2. The van der Waals surface area contributed by atoms with Crippen LogP contribution in [0.2, 0.25) is 0 Å². The van der Waals surface area contributed by atoms with Crippen LogP contribution in [-0.2, 0) is 23.1 Å². The number of nitrogens with zero attached hydrogens (tertiary/aromatic N) is 1. The molecule has 0 radical (unpaired) electrons. The van der Waals surface area contributed by atoms with Crippen LogP contribution >= 0.6 is 19.6 Å². The smallest absolute Gasteiger partial charge is 0.390 e. The molecule has 13 heteroatoms. The second-order valence-electron chi connectivity index (χ2n) is 13.2. The molecule has 5 atom stereocenters. The number of aryl methyl sites for hydroxylation is 1. The second kappa shape index (κ2) is 25.9. The van der Waals surface area contributed by atoms with Crippen LogP contribution in [0.4, 0.5) is 0 Å². The SMILES string of the molecule is CCCCCCCCCCCCSCC(COP(=O)(O)OCC1OC(n2cc(C)c(=O)[nH]c2=O)CC1O)OCCCCCCCCCC. The summed E-state index contributed by atoms with van der Waals surface area (Å²) in [4.78, 5) is 36.6. The molecule has 1 aliphatic heterocycles. The van der Waals surface area contributed by atoms with Crippen molar-refractivity contribution in [1.29, 1.82) is 0 Å². The van der Waals surface area contributed by atoms with E-state index in [1.165, 1.54) is 107 Å². The fraction of sp³-hybridized carbons (Fsp3) is 0.886. The molecule has 0 saturated carbocycles. The number of rotatable bonds is 30. The second-order valence-corrected chi connectivity index (χ2v) is 15.8. The highest BCUT2D eigenvalue weighted by atomic mass is 32.2. The topological polar surface area (TPSA) is 149 Å². The Morgan fingerprint density at radius 3 is 2.08 bits per heavy atom. The first-order valence-corrected chi connectivity index (χ1v) is 21.3. The fourth-order valence-electron chi connectivity index (χ4n) is 5.75. The zero-order valence-corrected chi connectivity index (χ0v) is 31.6. The molecule has 1 fully saturated rings. The molecule has 0 bridgehead atoms. The highest BCUT2D eigenvalue weighted by Gasteiger charge is 2.38. The summed E-state index contributed by atoms with van der Waals surface area (Å²) in [6, 6.07) is 0. The number of ether oxygens (including phenoxy) is 2. The molecule has 1 aromatic heterocycles. The number of H-pyrrole nitrogens is 1. The van der Waals surface area contributed by atoms with E-state index in [0.29, 0.717) is 17.9 Å². The molecule has 5 unspecified atom stereocenters. The number of nitrogens with one attached hydrogen (secondary N) is 1. The quantitative estimate of drug-likeness (QED) is 0.0531. The molecule has 1 saturated heterocycles. The van der Waals surface area contributed by atoms with Gasteiger partial charge in [0.25, 0.3) is 5.56 Å². The van der Waals surface area contributed by atoms with Crippen molar-refractivity contribution >= 4 is 19.6 Å². The summed E-state index contributed by atoms with van der Waals surface area (Å²) in [5.74, 6) is 1.67. The third kappa shape index (κ3) is 18.9. The minimum atomic E-state index is -4.47. The minimum Gasteiger partial charge on any atom is -0.390 e. The van der Waals surface area contributed by atoms with Gasteiger partial charge in [-0.2, -0.15) is 11.8 Å². The molecular formula is C35H65N2O9PS. The maximum Gasteiger partial charge on any atom is 0.472 e. The summed E-state index contributed by atoms with van der Waals surface area (Å²) in [6.07, 6.45) is 20.8. The molecular weight excluding hydrogens is 655 g/mol. The normalized spacial score (nSPS) is 19.9. The standard InChI is InChI=1S/C35H65N2O9PS/c1-4-6-8-10-12-14-15-17-19-21-23-48-28-30(43-22-20-18-16-13-11-9-7-5-2)26-44-47(41,42)45-27-32-31(38)24-33(46-32)37-25-29(3)34(39)36-35(37)40/h25,30-33,38H,4-24,26-28H2,1-3H3,(H,41,42)(H,36,39,40). The Morgan fingerprint density at radius 1 is 0.917 bits per heavy atom. The van der Waals surface area contributed by atoms with Crippen molar-refractivity contribution in [3.8, 4) is 0 Å². The molecule has 1 aliphatic rings. The highest BCUT2D eigenvalue weighted by Crippen LogP contribution is 2.44. The number of thioether (sulfide) groups is 1. The third-order valence-corrected chi connectivity index (χ3v) is 10.9. The number of hydrogen-bond donors (Lipinski definition) is 3. The maximum atomic E-state index is 12.8. The van der Waals surface area contributed by atoms with Crippen LogP contribution in [0, 0.1) is 6.92 Å². The number of phosphoric ester groups is 1. The first-order valence-electron chi connectivity index (χ1n) is 18.6. The Kier molecular flexibility index (Phi) is 23.3. The summed E-state index contributed by atoms with van der Waals surface area (Å²) in [5, 5.41) is 10.5. The van der Waals surface area contributed by atoms with E-state index in [4.69, 9.17) is 18.5 Å². The van der Waals surface area contributed by atoms with Crippen molar-refractivity contribution in [1.82, 2.24) is 9.55 Å². The lowest BCUT2D eigenvalue weighted by Gasteiger charge is -2.21. The lowest BCUT2D eigenvalue weighted by molar-refractivity contribution is -0.0486. The van der Waals surface area contributed by atoms with E-state index in [2.05, 4.69) is 18.8 Å². The van der Waals surface area contributed by atoms with Gasteiger partial charge in [0.1, 0.15) is 12.3 Å². The van der Waals surface area contributed by atoms with Gasteiger partial charge in [0, 0.05) is 30.5 Å². The molecule has 0 aliphatic carbocycles. The first-order chi connectivity index (χ1) is 23.2. The zero-order valence-electron chi connectivity index (χ0n) is 29.9. The molecule has 11 nitrogen and oxygen atoms in total. The Bertz CT molecular complexity index is 1130. The van der Waals surface area contributed by atoms with Gasteiger partial charge < -0.3 is 19.5 Å². The average molecular weight is 721 g/mol. The van der Waals surface area contributed by atoms with Crippen molar-refractivity contribution in [2.24, 2.45) is 0 Å². The van der Waals surface area contributed by atoms with E-state index < -0.39 is 44.1 Å². The lowest BCUT2D eigenvalue weighted by atomic mass is 10.1. The van der Waals surface area contributed by atoms with Crippen LogP contribution < -0.4 is 11.2 Å². The molecule has 1 aromatic rings. The predicted molar refractivity (Wildman–Crippen MR) is 194 cm³/mol. The zero-order chi connectivity index (χ0) is 35.0. The largest absolute Gasteiger partial charge is 0.472 e. The Balaban J connectivity index is 1.74. The van der Waals surface area contributed by atoms with Gasteiger partial charge in [0.15, 0.2) is 0 Å². The van der Waals surface area contributed by atoms with Crippen LogP contribution in [-0.4, -0.2) is 69.2 Å². The number of aromatic amines is 1. The van der Waals surface area contributed by atoms with Gasteiger partial charge in [-0.1, -0.05) is 117 Å². The van der Waals surface area contributed by atoms with Gasteiger partial charge in [-0.3, -0.25) is 23.4 Å². The van der Waals surface area contributed by atoms with Crippen molar-refractivity contribution < 1.29 is 33.1 Å². The van der Waals surface area contributed by atoms with E-state index >= 15 is 0 Å². The summed E-state index contributed by atoms with van der Waals surface area (Å²) in [5.41, 5.74) is -0.837. The monoisotopic (exact) mass is 720 g/mol. The predicted octanol–water partition coefficient (Wildman–Crippen LogP) is 7.81. The van der Waals surface area contributed by atoms with Gasteiger partial charge in [-0.15, -0.1) is 0 Å². The van der Waals surface area contributed by atoms with Gasteiger partial charge in [-0.25, -0.2) is 9.36 Å². The van der Waals surface area contributed by atoms with Crippen molar-refractivity contribution in [2.45, 2.75) is 167 Å². The molecule has 2 rings (SSSR count). The fourth-order valence-corrected chi connectivity index (χ4v) is 7.55. The number of aliphatic hydroxyl groups excluding tert-OH is 1. The van der Waals surface area contributed by atoms with Crippen LogP contribution in [0.3, 0.4) is 0 Å². The summed E-state index contributed by atoms with van der Waals surface area (Å²) < 4.78 is 36.4. The molecule has 0 amide bonds. The lowest BCUT2D eigenvalue weighted by Crippen LogP contribution is -2.33. The number of hydrogen-bond acceptors (Lipinski definition) is 9. The van der Waals surface area contributed by atoms with Crippen molar-refractivity contribution in [3.05, 3.63) is 32.6 Å². The van der Waals surface area contributed by atoms with Crippen LogP contribution in [0.5, 0.6) is 0 Å². The minimum absolute atomic E-state index is 0.0565. The maximum absolute atomic E-state index is 12.8. The van der Waals surface area contributed by atoms with E-state index in [0.717, 1.165) is 25.0 Å². The van der Waals surface area contributed by atoms with E-state index in [-0.39, 0.29) is 19.1 Å². The van der Waals surface area contributed by atoms with Gasteiger partial charge in [-0.05, 0) is 25.5 Å². The van der Waals surface area contributed by atoms with Crippen molar-refractivity contribution in [2.75, 3.05) is 31.3 Å². The van der Waals surface area contributed by atoms with Gasteiger partial charge in [0.2, 0.25) is 0 Å². The molecule has 0 spiro atoms. The number of unbranched alkanes of at least 4 members (excludes halogenated alkanes) is 16. The van der Waals surface area contributed by atoms with E-state index in [1.807, 2.05) is 0 Å². The van der Waals surface area contributed by atoms with Crippen LogP contribution in [0.25, 0.3) is 0 Å². The molecule has 0 aromatic carbocycles. The van der Waals surface area contributed by atoms with Crippen LogP contribution in [0.15, 0.2) is 15.8 Å². The van der Waals surface area contributed by atoms with Gasteiger partial charge in [0.05, 0.1) is 25.4 Å². The van der Waals surface area contributed by atoms with Crippen molar-refractivity contribution in [3.63, 3.8) is 0 Å². The number of aliphatic hydroxyl groups is 1. The van der Waals surface area contributed by atoms with E-state index in [9.17, 15) is 24.2 Å². The molecule has 2 heterocycles. The summed E-state index contributed by atoms with van der Waals surface area (Å²) in [7, 11) is -4.47. The highest BCUT2D eigenvalue weighted by molar-refractivity contribution is 7.99.